The van der Waals surface area contributed by atoms with Gasteiger partial charge in [0.25, 0.3) is 11.8 Å². The lowest BCUT2D eigenvalue weighted by Gasteiger charge is -2.14. The van der Waals surface area contributed by atoms with E-state index in [-0.39, 0.29) is 23.6 Å². The molecule has 0 aliphatic carbocycles. The molecule has 0 saturated heterocycles. The van der Waals surface area contributed by atoms with Crippen LogP contribution in [0.3, 0.4) is 0 Å². The minimum absolute atomic E-state index is 0.0440. The Kier molecular flexibility index (Phi) is 7.01. The summed E-state index contributed by atoms with van der Waals surface area (Å²) < 4.78 is 56.8. The maximum Gasteiger partial charge on any atom is 0.277 e. The lowest BCUT2D eigenvalue weighted by molar-refractivity contribution is 0.0118. The number of sulfonamides is 1. The number of halogens is 2. The fourth-order valence-electron chi connectivity index (χ4n) is 1.53. The Morgan fingerprint density at radius 2 is 1.91 bits per heavy atom. The van der Waals surface area contributed by atoms with E-state index in [1.54, 1.807) is 0 Å². The molecule has 7 nitrogen and oxygen atoms in total. The van der Waals surface area contributed by atoms with E-state index in [9.17, 15) is 22.0 Å². The number of amides is 1. The molecule has 10 heteroatoms. The SMILES string of the molecule is COCCNS(=O)(=O)c1ccc(C(=O)NCC(F)(F)CN)cc1. The van der Waals surface area contributed by atoms with Gasteiger partial charge in [0, 0.05) is 19.2 Å². The molecular weight excluding hydrogens is 332 g/mol. The largest absolute Gasteiger partial charge is 0.383 e. The number of nitrogens with two attached hydrogens (primary N) is 1. The van der Waals surface area contributed by atoms with Crippen molar-refractivity contribution in [2.45, 2.75) is 10.8 Å². The summed E-state index contributed by atoms with van der Waals surface area (Å²) in [6.45, 7) is -1.44. The second kappa shape index (κ2) is 8.29. The van der Waals surface area contributed by atoms with Gasteiger partial charge in [-0.05, 0) is 24.3 Å². The third-order valence-electron chi connectivity index (χ3n) is 2.83. The zero-order chi connectivity index (χ0) is 17.5. The summed E-state index contributed by atoms with van der Waals surface area (Å²) in [4.78, 5) is 11.7. The highest BCUT2D eigenvalue weighted by Crippen LogP contribution is 2.12. The third-order valence-corrected chi connectivity index (χ3v) is 4.31. The highest BCUT2D eigenvalue weighted by Gasteiger charge is 2.27. The topological polar surface area (TPSA) is 111 Å². The number of ether oxygens (including phenoxy) is 1. The Balaban J connectivity index is 2.71. The van der Waals surface area contributed by atoms with Gasteiger partial charge in [-0.1, -0.05) is 0 Å². The van der Waals surface area contributed by atoms with Crippen LogP contribution in [0.2, 0.25) is 0 Å². The average molecular weight is 351 g/mol. The Morgan fingerprint density at radius 1 is 1.30 bits per heavy atom. The molecule has 0 fully saturated rings. The van der Waals surface area contributed by atoms with E-state index in [0.717, 1.165) is 0 Å². The van der Waals surface area contributed by atoms with Gasteiger partial charge in [0.1, 0.15) is 0 Å². The number of carbonyl (C=O) groups is 1. The summed E-state index contributed by atoms with van der Waals surface area (Å²) in [5.74, 6) is -3.93. The minimum atomic E-state index is -3.71. The zero-order valence-corrected chi connectivity index (χ0v) is 13.3. The van der Waals surface area contributed by atoms with E-state index in [2.05, 4.69) is 4.72 Å². The number of rotatable bonds is 9. The molecule has 1 aromatic carbocycles. The lowest BCUT2D eigenvalue weighted by atomic mass is 10.2. The van der Waals surface area contributed by atoms with Gasteiger partial charge >= 0.3 is 0 Å². The summed E-state index contributed by atoms with van der Waals surface area (Å²) in [6.07, 6.45) is 0. The van der Waals surface area contributed by atoms with Crippen LogP contribution >= 0.6 is 0 Å². The number of nitrogens with one attached hydrogen (secondary N) is 2. The molecule has 0 bridgehead atoms. The molecule has 0 radical (unpaired) electrons. The Morgan fingerprint density at radius 3 is 2.43 bits per heavy atom. The quantitative estimate of drug-likeness (QED) is 0.540. The first-order chi connectivity index (χ1) is 10.7. The molecule has 1 amide bonds. The molecule has 130 valence electrons. The smallest absolute Gasteiger partial charge is 0.277 e. The number of methoxy groups -OCH3 is 1. The molecule has 0 saturated carbocycles. The normalized spacial score (nSPS) is 12.2. The fraction of sp³-hybridized carbons (Fsp3) is 0.462. The Labute approximate surface area is 133 Å². The van der Waals surface area contributed by atoms with Crippen molar-refractivity contribution in [3.8, 4) is 0 Å². The van der Waals surface area contributed by atoms with Crippen LogP contribution in [0.15, 0.2) is 29.2 Å². The molecule has 23 heavy (non-hydrogen) atoms. The molecule has 4 N–H and O–H groups in total. The van der Waals surface area contributed by atoms with Gasteiger partial charge in [-0.15, -0.1) is 0 Å². The monoisotopic (exact) mass is 351 g/mol. The van der Waals surface area contributed by atoms with Crippen LogP contribution in [0, 0.1) is 0 Å². The zero-order valence-electron chi connectivity index (χ0n) is 12.5. The first kappa shape index (κ1) is 19.4. The van der Waals surface area contributed by atoms with Gasteiger partial charge < -0.3 is 15.8 Å². The molecular formula is C13H19F2N3O4S. The number of hydrogen-bond donors (Lipinski definition) is 3. The maximum atomic E-state index is 13.0. The summed E-state index contributed by atoms with van der Waals surface area (Å²) >= 11 is 0. The van der Waals surface area contributed by atoms with Crippen molar-refractivity contribution >= 4 is 15.9 Å². The van der Waals surface area contributed by atoms with Gasteiger partial charge in [-0.25, -0.2) is 21.9 Å². The predicted molar refractivity (Wildman–Crippen MR) is 79.8 cm³/mol. The molecule has 0 aliphatic heterocycles. The highest BCUT2D eigenvalue weighted by molar-refractivity contribution is 7.89. The van der Waals surface area contributed by atoms with Crippen molar-refractivity contribution in [1.82, 2.24) is 10.0 Å². The minimum Gasteiger partial charge on any atom is -0.383 e. The molecule has 0 spiro atoms. The van der Waals surface area contributed by atoms with Crippen LogP contribution in [0.1, 0.15) is 10.4 Å². The van der Waals surface area contributed by atoms with Crippen LogP contribution in [0.25, 0.3) is 0 Å². The summed E-state index contributed by atoms with van der Waals surface area (Å²) in [5, 5.41) is 2.04. The van der Waals surface area contributed by atoms with E-state index in [0.29, 0.717) is 0 Å². The lowest BCUT2D eigenvalue weighted by Crippen LogP contribution is -2.41. The van der Waals surface area contributed by atoms with E-state index in [4.69, 9.17) is 10.5 Å². The van der Waals surface area contributed by atoms with Gasteiger partial charge in [0.15, 0.2) is 0 Å². The summed E-state index contributed by atoms with van der Waals surface area (Å²) in [6, 6.07) is 4.90. The van der Waals surface area contributed by atoms with E-state index >= 15 is 0 Å². The molecule has 0 aromatic heterocycles. The second-order valence-electron chi connectivity index (χ2n) is 4.66. The highest BCUT2D eigenvalue weighted by atomic mass is 32.2. The Hall–Kier alpha value is -1.62. The summed E-state index contributed by atoms with van der Waals surface area (Å²) in [7, 11) is -2.27. The van der Waals surface area contributed by atoms with Crippen LogP contribution in [-0.4, -0.2) is 53.6 Å². The van der Waals surface area contributed by atoms with E-state index in [1.807, 2.05) is 5.32 Å². The molecule has 0 atom stereocenters. The molecule has 1 rings (SSSR count). The van der Waals surface area contributed by atoms with Crippen LogP contribution in [0.4, 0.5) is 8.78 Å². The van der Waals surface area contributed by atoms with Crippen molar-refractivity contribution in [1.29, 1.82) is 0 Å². The molecule has 1 aromatic rings. The van der Waals surface area contributed by atoms with Crippen LogP contribution in [-0.2, 0) is 14.8 Å². The van der Waals surface area contributed by atoms with Crippen molar-refractivity contribution in [2.24, 2.45) is 5.73 Å². The average Bonchev–Trinajstić information content (AvgIpc) is 2.53. The number of benzene rings is 1. The van der Waals surface area contributed by atoms with Gasteiger partial charge in [0.2, 0.25) is 10.0 Å². The van der Waals surface area contributed by atoms with E-state index in [1.165, 1.54) is 31.4 Å². The maximum absolute atomic E-state index is 13.0. The van der Waals surface area contributed by atoms with Crippen molar-refractivity contribution < 1.29 is 26.7 Å². The molecule has 0 heterocycles. The summed E-state index contributed by atoms with van der Waals surface area (Å²) in [5.41, 5.74) is 4.93. The van der Waals surface area contributed by atoms with Crippen LogP contribution in [0.5, 0.6) is 0 Å². The van der Waals surface area contributed by atoms with E-state index < -0.39 is 34.9 Å². The van der Waals surface area contributed by atoms with Crippen molar-refractivity contribution in [2.75, 3.05) is 33.4 Å². The van der Waals surface area contributed by atoms with Crippen LogP contribution < -0.4 is 15.8 Å². The first-order valence-corrected chi connectivity index (χ1v) is 8.15. The van der Waals surface area contributed by atoms with Gasteiger partial charge in [-0.2, -0.15) is 0 Å². The van der Waals surface area contributed by atoms with Crippen molar-refractivity contribution in [3.05, 3.63) is 29.8 Å². The van der Waals surface area contributed by atoms with Crippen molar-refractivity contribution in [3.63, 3.8) is 0 Å². The number of carbonyl (C=O) groups excluding carboxylic acids is 1. The predicted octanol–water partition coefficient (Wildman–Crippen LogP) is -0.0649. The number of alkyl halides is 2. The first-order valence-electron chi connectivity index (χ1n) is 6.66. The second-order valence-corrected chi connectivity index (χ2v) is 6.42. The fourth-order valence-corrected chi connectivity index (χ4v) is 2.54. The standard InChI is InChI=1S/C13H19F2N3O4S/c1-22-7-6-18-23(20,21)11-4-2-10(3-5-11)12(19)17-9-13(14,15)8-16/h2-5,18H,6-9,16H2,1H3,(H,17,19). The molecule has 0 unspecified atom stereocenters. The van der Waals surface area contributed by atoms with Gasteiger partial charge in [0.05, 0.1) is 24.6 Å². The molecule has 0 aliphatic rings. The Bertz CT molecular complexity index is 621. The number of hydrogen-bond acceptors (Lipinski definition) is 5. The third kappa shape index (κ3) is 6.18. The van der Waals surface area contributed by atoms with Gasteiger partial charge in [-0.3, -0.25) is 4.79 Å².